The van der Waals surface area contributed by atoms with Crippen LogP contribution in [0.3, 0.4) is 0 Å². The fraction of sp³-hybridized carbons (Fsp3) is 0.625. The molecule has 0 atom stereocenters. The number of carboxylic acid groups (broad SMARTS) is 1. The normalized spacial score (nSPS) is 16.0. The van der Waals surface area contributed by atoms with Crippen molar-refractivity contribution in [1.29, 1.82) is 0 Å². The van der Waals surface area contributed by atoms with E-state index in [2.05, 4.69) is 5.32 Å². The van der Waals surface area contributed by atoms with Gasteiger partial charge in [0.25, 0.3) is 0 Å². The molecule has 0 aliphatic carbocycles. The minimum absolute atomic E-state index is 0.567. The van der Waals surface area contributed by atoms with Crippen LogP contribution in [0.25, 0.3) is 0 Å². The van der Waals surface area contributed by atoms with Gasteiger partial charge in [-0.25, -0.2) is 4.79 Å². The topological polar surface area (TPSA) is 53.9 Å². The van der Waals surface area contributed by atoms with Gasteiger partial charge in [0.05, 0.1) is 13.1 Å². The zero-order valence-electron chi connectivity index (χ0n) is 7.13. The SMILES string of the molecule is CC.O=C(O)C1=CC[NH2+]CC1. The predicted octanol–water partition coefficient (Wildman–Crippen LogP) is -0.00930. The van der Waals surface area contributed by atoms with Gasteiger partial charge in [-0.2, -0.15) is 0 Å². The maximum Gasteiger partial charge on any atom is 0.331 e. The minimum atomic E-state index is -0.761. The van der Waals surface area contributed by atoms with E-state index < -0.39 is 5.97 Å². The minimum Gasteiger partial charge on any atom is -0.478 e. The van der Waals surface area contributed by atoms with Crippen molar-refractivity contribution < 1.29 is 15.2 Å². The first-order chi connectivity index (χ1) is 5.30. The molecule has 1 aliphatic heterocycles. The highest BCUT2D eigenvalue weighted by atomic mass is 16.4. The van der Waals surface area contributed by atoms with Crippen LogP contribution in [0.4, 0.5) is 0 Å². The van der Waals surface area contributed by atoms with E-state index in [1.807, 2.05) is 13.8 Å². The number of aliphatic carboxylic acids is 1. The van der Waals surface area contributed by atoms with E-state index in [9.17, 15) is 4.79 Å². The van der Waals surface area contributed by atoms with Gasteiger partial charge < -0.3 is 10.4 Å². The predicted molar refractivity (Wildman–Crippen MR) is 43.3 cm³/mol. The van der Waals surface area contributed by atoms with E-state index in [4.69, 9.17) is 5.11 Å². The molecule has 0 spiro atoms. The van der Waals surface area contributed by atoms with Crippen LogP contribution in [-0.4, -0.2) is 24.2 Å². The summed E-state index contributed by atoms with van der Waals surface area (Å²) in [4.78, 5) is 10.3. The third-order valence-corrected chi connectivity index (χ3v) is 1.42. The average Bonchev–Trinajstić information content (AvgIpc) is 2.10. The molecule has 0 aromatic rings. The molecule has 3 nitrogen and oxygen atoms in total. The summed E-state index contributed by atoms with van der Waals surface area (Å²) < 4.78 is 0. The highest BCUT2D eigenvalue weighted by molar-refractivity contribution is 5.86. The van der Waals surface area contributed by atoms with E-state index in [-0.39, 0.29) is 0 Å². The van der Waals surface area contributed by atoms with Crippen molar-refractivity contribution in [2.24, 2.45) is 0 Å². The highest BCUT2D eigenvalue weighted by Crippen LogP contribution is 1.99. The molecule has 0 aromatic heterocycles. The van der Waals surface area contributed by atoms with Crippen molar-refractivity contribution in [3.8, 4) is 0 Å². The number of carbonyl (C=O) groups is 1. The van der Waals surface area contributed by atoms with Crippen LogP contribution in [0, 0.1) is 0 Å². The molecule has 3 heteroatoms. The van der Waals surface area contributed by atoms with Gasteiger partial charge >= 0.3 is 5.97 Å². The third-order valence-electron chi connectivity index (χ3n) is 1.42. The summed E-state index contributed by atoms with van der Waals surface area (Å²) in [7, 11) is 0. The molecule has 64 valence electrons. The van der Waals surface area contributed by atoms with Gasteiger partial charge in [0.1, 0.15) is 0 Å². The Kier molecular flexibility index (Phi) is 5.47. The standard InChI is InChI=1S/C6H9NO2.C2H6/c8-6(9)5-1-3-7-4-2-5;1-2/h1,7H,2-4H2,(H,8,9);1-2H3/p+1. The van der Waals surface area contributed by atoms with Crippen LogP contribution in [0.15, 0.2) is 11.6 Å². The lowest BCUT2D eigenvalue weighted by atomic mass is 10.1. The van der Waals surface area contributed by atoms with Crippen molar-refractivity contribution in [1.82, 2.24) is 0 Å². The zero-order chi connectivity index (χ0) is 8.69. The molecule has 1 rings (SSSR count). The van der Waals surface area contributed by atoms with Gasteiger partial charge in [0.2, 0.25) is 0 Å². The van der Waals surface area contributed by atoms with Crippen LogP contribution in [0.5, 0.6) is 0 Å². The summed E-state index contributed by atoms with van der Waals surface area (Å²) in [5.41, 5.74) is 0.567. The lowest BCUT2D eigenvalue weighted by molar-refractivity contribution is -0.647. The van der Waals surface area contributed by atoms with Crippen LogP contribution in [0.2, 0.25) is 0 Å². The molecule has 0 bridgehead atoms. The summed E-state index contributed by atoms with van der Waals surface area (Å²) in [6, 6.07) is 0. The van der Waals surface area contributed by atoms with Gasteiger partial charge in [-0.1, -0.05) is 13.8 Å². The van der Waals surface area contributed by atoms with E-state index >= 15 is 0 Å². The second-order valence-electron chi connectivity index (χ2n) is 2.10. The van der Waals surface area contributed by atoms with Crippen LogP contribution < -0.4 is 5.32 Å². The first kappa shape index (κ1) is 10.2. The van der Waals surface area contributed by atoms with E-state index in [1.54, 1.807) is 6.08 Å². The fourth-order valence-corrected chi connectivity index (χ4v) is 0.897. The first-order valence-corrected chi connectivity index (χ1v) is 4.04. The maximum absolute atomic E-state index is 10.3. The molecular weight excluding hydrogens is 142 g/mol. The van der Waals surface area contributed by atoms with Crippen molar-refractivity contribution >= 4 is 5.97 Å². The molecule has 0 aromatic carbocycles. The number of hydrogen-bond acceptors (Lipinski definition) is 1. The number of hydrogen-bond donors (Lipinski definition) is 2. The van der Waals surface area contributed by atoms with Gasteiger partial charge in [-0.05, 0) is 6.08 Å². The number of nitrogens with two attached hydrogens (primary N) is 1. The lowest BCUT2D eigenvalue weighted by Gasteiger charge is -2.06. The fourth-order valence-electron chi connectivity index (χ4n) is 0.897. The summed E-state index contributed by atoms with van der Waals surface area (Å²) >= 11 is 0. The summed E-state index contributed by atoms with van der Waals surface area (Å²) in [5.74, 6) is -0.761. The number of carboxylic acids is 1. The van der Waals surface area contributed by atoms with Crippen molar-refractivity contribution in [3.05, 3.63) is 11.6 Å². The molecular formula is C8H16NO2+. The molecule has 0 fully saturated rings. The quantitative estimate of drug-likeness (QED) is 0.564. The van der Waals surface area contributed by atoms with Crippen molar-refractivity contribution in [2.75, 3.05) is 13.1 Å². The molecule has 1 aliphatic rings. The molecule has 0 saturated heterocycles. The van der Waals surface area contributed by atoms with Crippen LogP contribution >= 0.6 is 0 Å². The molecule has 0 radical (unpaired) electrons. The van der Waals surface area contributed by atoms with Crippen LogP contribution in [-0.2, 0) is 4.79 Å². The van der Waals surface area contributed by atoms with Gasteiger partial charge in [0, 0.05) is 12.0 Å². The Balaban J connectivity index is 0.000000461. The Morgan fingerprint density at radius 1 is 1.64 bits per heavy atom. The van der Waals surface area contributed by atoms with E-state index in [0.717, 1.165) is 13.1 Å². The second kappa shape index (κ2) is 5.92. The Labute approximate surface area is 67.1 Å². The van der Waals surface area contributed by atoms with Crippen molar-refractivity contribution in [2.45, 2.75) is 20.3 Å². The third kappa shape index (κ3) is 3.78. The van der Waals surface area contributed by atoms with E-state index in [0.29, 0.717) is 12.0 Å². The summed E-state index contributed by atoms with van der Waals surface area (Å²) in [6.07, 6.45) is 2.47. The smallest absolute Gasteiger partial charge is 0.331 e. The Bertz CT molecular complexity index is 152. The Morgan fingerprint density at radius 3 is 2.55 bits per heavy atom. The average molecular weight is 158 g/mol. The zero-order valence-corrected chi connectivity index (χ0v) is 7.13. The van der Waals surface area contributed by atoms with Gasteiger partial charge in [-0.15, -0.1) is 0 Å². The monoisotopic (exact) mass is 158 g/mol. The molecule has 1 heterocycles. The molecule has 0 amide bonds. The number of rotatable bonds is 1. The molecule has 3 N–H and O–H groups in total. The first-order valence-electron chi connectivity index (χ1n) is 4.04. The Hall–Kier alpha value is -0.830. The molecule has 0 saturated carbocycles. The Morgan fingerprint density at radius 2 is 2.27 bits per heavy atom. The van der Waals surface area contributed by atoms with Crippen molar-refractivity contribution in [3.63, 3.8) is 0 Å². The largest absolute Gasteiger partial charge is 0.478 e. The van der Waals surface area contributed by atoms with Crippen LogP contribution in [0.1, 0.15) is 20.3 Å². The second-order valence-corrected chi connectivity index (χ2v) is 2.10. The highest BCUT2D eigenvalue weighted by Gasteiger charge is 2.10. The molecule has 0 unspecified atom stereocenters. The lowest BCUT2D eigenvalue weighted by Crippen LogP contribution is -2.85. The maximum atomic E-state index is 10.3. The van der Waals surface area contributed by atoms with Gasteiger partial charge in [-0.3, -0.25) is 0 Å². The summed E-state index contributed by atoms with van der Waals surface area (Å²) in [5, 5.41) is 10.5. The van der Waals surface area contributed by atoms with E-state index in [1.165, 1.54) is 0 Å². The summed E-state index contributed by atoms with van der Waals surface area (Å²) in [6.45, 7) is 5.74. The van der Waals surface area contributed by atoms with Gasteiger partial charge in [0.15, 0.2) is 0 Å². The molecule has 11 heavy (non-hydrogen) atoms. The number of quaternary nitrogens is 1.